The van der Waals surface area contributed by atoms with Crippen molar-refractivity contribution in [3.63, 3.8) is 0 Å². The monoisotopic (exact) mass is 404 g/mol. The van der Waals surface area contributed by atoms with E-state index in [1.807, 2.05) is 44.2 Å². The van der Waals surface area contributed by atoms with Crippen LogP contribution in [0.15, 0.2) is 59.5 Å². The van der Waals surface area contributed by atoms with Crippen molar-refractivity contribution in [1.82, 2.24) is 10.0 Å². The molecule has 0 fully saturated rings. The average Bonchev–Trinajstić information content (AvgIpc) is 2.67. The fourth-order valence-corrected chi connectivity index (χ4v) is 3.91. The summed E-state index contributed by atoms with van der Waals surface area (Å²) in [5, 5.41) is 2.86. The highest BCUT2D eigenvalue weighted by molar-refractivity contribution is 7.89. The van der Waals surface area contributed by atoms with E-state index in [-0.39, 0.29) is 16.8 Å². The van der Waals surface area contributed by atoms with E-state index in [2.05, 4.69) is 10.0 Å². The third-order valence-corrected chi connectivity index (χ3v) is 5.82. The van der Waals surface area contributed by atoms with E-state index < -0.39 is 16.1 Å². The van der Waals surface area contributed by atoms with Crippen LogP contribution in [0.25, 0.3) is 0 Å². The molecule has 1 amide bonds. The molecule has 0 bridgehead atoms. The van der Waals surface area contributed by atoms with Gasteiger partial charge in [-0.1, -0.05) is 30.3 Å². The Hall–Kier alpha value is -2.38. The summed E-state index contributed by atoms with van der Waals surface area (Å²) < 4.78 is 32.7. The molecule has 0 aromatic heterocycles. The zero-order chi connectivity index (χ0) is 20.6. The van der Waals surface area contributed by atoms with Crippen LogP contribution in [0.3, 0.4) is 0 Å². The minimum Gasteiger partial charge on any atom is -0.494 e. The number of sulfonamides is 1. The van der Waals surface area contributed by atoms with E-state index in [0.717, 1.165) is 12.8 Å². The first-order valence-electron chi connectivity index (χ1n) is 9.41. The minimum atomic E-state index is -3.79. The lowest BCUT2D eigenvalue weighted by molar-refractivity contribution is -0.123. The lowest BCUT2D eigenvalue weighted by Crippen LogP contribution is -2.47. The number of amides is 1. The number of ether oxygens (including phenoxy) is 1. The van der Waals surface area contributed by atoms with Crippen LogP contribution in [-0.2, 0) is 21.2 Å². The van der Waals surface area contributed by atoms with Crippen LogP contribution in [0.5, 0.6) is 5.75 Å². The topological polar surface area (TPSA) is 84.5 Å². The SMILES string of the molecule is CCOc1ccc(S(=O)(=O)N[C@H](C)C(=O)N[C@@H](C)CCc2ccccc2)cc1. The summed E-state index contributed by atoms with van der Waals surface area (Å²) in [5.41, 5.74) is 1.20. The van der Waals surface area contributed by atoms with E-state index >= 15 is 0 Å². The van der Waals surface area contributed by atoms with Crippen LogP contribution in [-0.4, -0.2) is 33.0 Å². The highest BCUT2D eigenvalue weighted by Gasteiger charge is 2.23. The summed E-state index contributed by atoms with van der Waals surface area (Å²) >= 11 is 0. The van der Waals surface area contributed by atoms with Crippen LogP contribution in [0, 0.1) is 0 Å². The van der Waals surface area contributed by atoms with Gasteiger partial charge in [-0.05, 0) is 63.4 Å². The lowest BCUT2D eigenvalue weighted by Gasteiger charge is -2.19. The Bertz CT molecular complexity index is 852. The number of benzene rings is 2. The maximum atomic E-state index is 12.5. The van der Waals surface area contributed by atoms with Crippen molar-refractivity contribution in [3.8, 4) is 5.75 Å². The number of nitrogens with one attached hydrogen (secondary N) is 2. The molecule has 0 unspecified atom stereocenters. The zero-order valence-electron chi connectivity index (χ0n) is 16.5. The number of hydrogen-bond acceptors (Lipinski definition) is 4. The molecule has 0 saturated heterocycles. The van der Waals surface area contributed by atoms with Crippen molar-refractivity contribution < 1.29 is 17.9 Å². The molecule has 0 saturated carbocycles. The first kappa shape index (κ1) is 21.9. The summed E-state index contributed by atoms with van der Waals surface area (Å²) in [6, 6.07) is 15.2. The van der Waals surface area contributed by atoms with E-state index in [1.165, 1.54) is 24.6 Å². The van der Waals surface area contributed by atoms with Crippen LogP contribution in [0.4, 0.5) is 0 Å². The molecule has 0 radical (unpaired) electrons. The fraction of sp³-hybridized carbons (Fsp3) is 0.381. The summed E-state index contributed by atoms with van der Waals surface area (Å²) in [6.45, 7) is 5.80. The van der Waals surface area contributed by atoms with Gasteiger partial charge >= 0.3 is 0 Å². The van der Waals surface area contributed by atoms with E-state index in [9.17, 15) is 13.2 Å². The van der Waals surface area contributed by atoms with Crippen LogP contribution >= 0.6 is 0 Å². The number of carbonyl (C=O) groups is 1. The molecule has 2 aromatic carbocycles. The Morgan fingerprint density at radius 3 is 2.29 bits per heavy atom. The molecule has 0 aliphatic rings. The largest absolute Gasteiger partial charge is 0.494 e. The van der Waals surface area contributed by atoms with E-state index in [1.54, 1.807) is 12.1 Å². The highest BCUT2D eigenvalue weighted by Crippen LogP contribution is 2.16. The predicted octanol–water partition coefficient (Wildman–Crippen LogP) is 2.89. The van der Waals surface area contributed by atoms with Gasteiger partial charge < -0.3 is 10.1 Å². The van der Waals surface area contributed by atoms with Gasteiger partial charge in [0.05, 0.1) is 17.5 Å². The van der Waals surface area contributed by atoms with Crippen molar-refractivity contribution in [1.29, 1.82) is 0 Å². The van der Waals surface area contributed by atoms with Crippen molar-refractivity contribution in [3.05, 3.63) is 60.2 Å². The standard InChI is InChI=1S/C21H28N2O4S/c1-4-27-19-12-14-20(15-13-19)28(25,26)23-17(3)21(24)22-16(2)10-11-18-8-6-5-7-9-18/h5-9,12-17,23H,4,10-11H2,1-3H3,(H,22,24)/t16-,17+/m0/s1. The first-order valence-corrected chi connectivity index (χ1v) is 10.9. The van der Waals surface area contributed by atoms with Gasteiger partial charge in [0.1, 0.15) is 5.75 Å². The molecule has 2 atom stereocenters. The molecular weight excluding hydrogens is 376 g/mol. The molecule has 0 aliphatic carbocycles. The molecule has 0 heterocycles. The molecule has 0 aliphatic heterocycles. The van der Waals surface area contributed by atoms with Gasteiger partial charge in [0.15, 0.2) is 0 Å². The Kier molecular flexibility index (Phi) is 8.02. The third-order valence-electron chi connectivity index (χ3n) is 4.27. The van der Waals surface area contributed by atoms with Crippen molar-refractivity contribution in [2.75, 3.05) is 6.61 Å². The van der Waals surface area contributed by atoms with Gasteiger partial charge in [-0.15, -0.1) is 0 Å². The van der Waals surface area contributed by atoms with Crippen LogP contribution < -0.4 is 14.8 Å². The maximum absolute atomic E-state index is 12.5. The molecular formula is C21H28N2O4S. The Balaban J connectivity index is 1.87. The van der Waals surface area contributed by atoms with E-state index in [4.69, 9.17) is 4.74 Å². The van der Waals surface area contributed by atoms with Gasteiger partial charge in [0.2, 0.25) is 15.9 Å². The van der Waals surface area contributed by atoms with Gasteiger partial charge in [0, 0.05) is 6.04 Å². The average molecular weight is 405 g/mol. The second-order valence-corrected chi connectivity index (χ2v) is 8.40. The Labute approximate surface area is 167 Å². The van der Waals surface area contributed by atoms with Crippen molar-refractivity contribution in [2.45, 2.75) is 50.6 Å². The Morgan fingerprint density at radius 2 is 1.68 bits per heavy atom. The van der Waals surface area contributed by atoms with Gasteiger partial charge in [0.25, 0.3) is 0 Å². The molecule has 28 heavy (non-hydrogen) atoms. The minimum absolute atomic E-state index is 0.0647. The normalized spacial score (nSPS) is 13.5. The van der Waals surface area contributed by atoms with Crippen LogP contribution in [0.1, 0.15) is 32.8 Å². The van der Waals surface area contributed by atoms with Gasteiger partial charge in [-0.25, -0.2) is 8.42 Å². The number of hydrogen-bond donors (Lipinski definition) is 2. The summed E-state index contributed by atoms with van der Waals surface area (Å²) in [4.78, 5) is 12.4. The van der Waals surface area contributed by atoms with Crippen molar-refractivity contribution >= 4 is 15.9 Å². The quantitative estimate of drug-likeness (QED) is 0.638. The second kappa shape index (κ2) is 10.2. The highest BCUT2D eigenvalue weighted by atomic mass is 32.2. The maximum Gasteiger partial charge on any atom is 0.241 e. The summed E-state index contributed by atoms with van der Waals surface area (Å²) in [7, 11) is -3.79. The molecule has 0 spiro atoms. The number of aryl methyl sites for hydroxylation is 1. The Morgan fingerprint density at radius 1 is 1.04 bits per heavy atom. The molecule has 152 valence electrons. The molecule has 6 nitrogen and oxygen atoms in total. The molecule has 2 N–H and O–H groups in total. The summed E-state index contributed by atoms with van der Waals surface area (Å²) in [5.74, 6) is 0.245. The van der Waals surface area contributed by atoms with Crippen LogP contribution in [0.2, 0.25) is 0 Å². The lowest BCUT2D eigenvalue weighted by atomic mass is 10.1. The second-order valence-electron chi connectivity index (χ2n) is 6.68. The number of rotatable bonds is 10. The zero-order valence-corrected chi connectivity index (χ0v) is 17.3. The summed E-state index contributed by atoms with van der Waals surface area (Å²) in [6.07, 6.45) is 1.61. The molecule has 2 rings (SSSR count). The first-order chi connectivity index (χ1) is 13.3. The molecule has 2 aromatic rings. The predicted molar refractivity (Wildman–Crippen MR) is 110 cm³/mol. The smallest absolute Gasteiger partial charge is 0.241 e. The van der Waals surface area contributed by atoms with Gasteiger partial charge in [-0.3, -0.25) is 4.79 Å². The number of carbonyl (C=O) groups excluding carboxylic acids is 1. The molecule has 7 heteroatoms. The fourth-order valence-electron chi connectivity index (χ4n) is 2.70. The third kappa shape index (κ3) is 6.65. The van der Waals surface area contributed by atoms with Gasteiger partial charge in [-0.2, -0.15) is 4.72 Å². The van der Waals surface area contributed by atoms with Crippen molar-refractivity contribution in [2.24, 2.45) is 0 Å². The van der Waals surface area contributed by atoms with E-state index in [0.29, 0.717) is 12.4 Å².